The van der Waals surface area contributed by atoms with Gasteiger partial charge in [0.1, 0.15) is 0 Å². The number of likely N-dealkylation sites (tertiary alicyclic amines) is 1. The third kappa shape index (κ3) is 2.49. The first-order chi connectivity index (χ1) is 7.16. The van der Waals surface area contributed by atoms with Crippen LogP contribution in [0.4, 0.5) is 0 Å². The molecule has 0 spiro atoms. The van der Waals surface area contributed by atoms with E-state index in [-0.39, 0.29) is 6.42 Å². The SMILES string of the molecule is NC1CCCC2CN(CCC(=O)O)CC12. The average molecular weight is 212 g/mol. The molecule has 15 heavy (non-hydrogen) atoms. The van der Waals surface area contributed by atoms with Crippen molar-refractivity contribution in [3.63, 3.8) is 0 Å². The Morgan fingerprint density at radius 3 is 2.87 bits per heavy atom. The average Bonchev–Trinajstić information content (AvgIpc) is 2.59. The van der Waals surface area contributed by atoms with Gasteiger partial charge in [-0.3, -0.25) is 4.79 Å². The molecule has 2 aliphatic rings. The molecular formula is C11H20N2O2. The second kappa shape index (κ2) is 4.49. The van der Waals surface area contributed by atoms with Crippen molar-refractivity contribution in [3.05, 3.63) is 0 Å². The third-order valence-corrected chi connectivity index (χ3v) is 3.87. The molecule has 1 saturated carbocycles. The summed E-state index contributed by atoms with van der Waals surface area (Å²) >= 11 is 0. The fraction of sp³-hybridized carbons (Fsp3) is 0.909. The van der Waals surface area contributed by atoms with E-state index in [1.54, 1.807) is 0 Å². The van der Waals surface area contributed by atoms with Gasteiger partial charge in [0.25, 0.3) is 0 Å². The highest BCUT2D eigenvalue weighted by Gasteiger charge is 2.38. The Labute approximate surface area is 90.4 Å². The predicted molar refractivity (Wildman–Crippen MR) is 57.5 cm³/mol. The van der Waals surface area contributed by atoms with Crippen molar-refractivity contribution in [2.75, 3.05) is 19.6 Å². The van der Waals surface area contributed by atoms with Crippen LogP contribution in [0.5, 0.6) is 0 Å². The fourth-order valence-electron chi connectivity index (χ4n) is 3.05. The van der Waals surface area contributed by atoms with Crippen molar-refractivity contribution in [1.29, 1.82) is 0 Å². The number of hydrogen-bond acceptors (Lipinski definition) is 3. The second-order valence-corrected chi connectivity index (χ2v) is 4.92. The van der Waals surface area contributed by atoms with Gasteiger partial charge in [-0.1, -0.05) is 6.42 Å². The predicted octanol–water partition coefficient (Wildman–Crippen LogP) is 0.520. The van der Waals surface area contributed by atoms with Crippen LogP contribution in [-0.4, -0.2) is 41.7 Å². The molecular weight excluding hydrogens is 192 g/mol. The Kier molecular flexibility index (Phi) is 3.26. The Hall–Kier alpha value is -0.610. The van der Waals surface area contributed by atoms with Gasteiger partial charge in [-0.15, -0.1) is 0 Å². The van der Waals surface area contributed by atoms with Gasteiger partial charge in [-0.05, 0) is 24.7 Å². The molecule has 1 aliphatic heterocycles. The molecule has 2 fully saturated rings. The monoisotopic (exact) mass is 212 g/mol. The summed E-state index contributed by atoms with van der Waals surface area (Å²) in [5.74, 6) is 0.643. The molecule has 3 atom stereocenters. The summed E-state index contributed by atoms with van der Waals surface area (Å²) in [6.07, 6.45) is 3.93. The zero-order valence-corrected chi connectivity index (χ0v) is 9.06. The number of hydrogen-bond donors (Lipinski definition) is 2. The van der Waals surface area contributed by atoms with E-state index in [1.807, 2.05) is 0 Å². The van der Waals surface area contributed by atoms with Crippen LogP contribution < -0.4 is 5.73 Å². The van der Waals surface area contributed by atoms with Gasteiger partial charge in [0.2, 0.25) is 0 Å². The number of rotatable bonds is 3. The van der Waals surface area contributed by atoms with E-state index in [1.165, 1.54) is 12.8 Å². The molecule has 0 aromatic rings. The standard InChI is InChI=1S/C11H20N2O2/c12-10-3-1-2-8-6-13(7-9(8)10)5-4-11(14)15/h8-10H,1-7,12H2,(H,14,15). The van der Waals surface area contributed by atoms with Crippen molar-refractivity contribution in [2.45, 2.75) is 31.7 Å². The Morgan fingerprint density at radius 1 is 1.40 bits per heavy atom. The number of carboxylic acid groups (broad SMARTS) is 1. The number of carboxylic acids is 1. The van der Waals surface area contributed by atoms with Crippen molar-refractivity contribution in [2.24, 2.45) is 17.6 Å². The lowest BCUT2D eigenvalue weighted by Crippen LogP contribution is -2.38. The minimum atomic E-state index is -0.700. The quantitative estimate of drug-likeness (QED) is 0.715. The van der Waals surface area contributed by atoms with Crippen LogP contribution in [0.3, 0.4) is 0 Å². The van der Waals surface area contributed by atoms with Gasteiger partial charge in [-0.25, -0.2) is 0 Å². The van der Waals surface area contributed by atoms with Crippen LogP contribution in [0, 0.1) is 11.8 Å². The van der Waals surface area contributed by atoms with E-state index in [0.717, 1.165) is 25.4 Å². The van der Waals surface area contributed by atoms with Crippen molar-refractivity contribution in [1.82, 2.24) is 4.90 Å². The summed E-state index contributed by atoms with van der Waals surface area (Å²) in [6.45, 7) is 2.76. The van der Waals surface area contributed by atoms with Crippen LogP contribution in [-0.2, 0) is 4.79 Å². The Morgan fingerprint density at radius 2 is 2.20 bits per heavy atom. The topological polar surface area (TPSA) is 66.6 Å². The molecule has 0 radical (unpaired) electrons. The maximum absolute atomic E-state index is 10.5. The number of carbonyl (C=O) groups is 1. The van der Waals surface area contributed by atoms with Crippen LogP contribution in [0.25, 0.3) is 0 Å². The number of nitrogens with zero attached hydrogens (tertiary/aromatic N) is 1. The van der Waals surface area contributed by atoms with E-state index in [2.05, 4.69) is 4.90 Å². The number of fused-ring (bicyclic) bond motifs is 1. The summed E-state index contributed by atoms with van der Waals surface area (Å²) < 4.78 is 0. The zero-order valence-electron chi connectivity index (χ0n) is 9.06. The molecule has 4 heteroatoms. The Balaban J connectivity index is 1.84. The lowest BCUT2D eigenvalue weighted by atomic mass is 9.78. The van der Waals surface area contributed by atoms with Crippen molar-refractivity contribution < 1.29 is 9.90 Å². The maximum atomic E-state index is 10.5. The first-order valence-electron chi connectivity index (χ1n) is 5.86. The summed E-state index contributed by atoms with van der Waals surface area (Å²) in [7, 11) is 0. The van der Waals surface area contributed by atoms with Crippen LogP contribution in [0.15, 0.2) is 0 Å². The second-order valence-electron chi connectivity index (χ2n) is 4.92. The first kappa shape index (κ1) is 10.9. The van der Waals surface area contributed by atoms with E-state index < -0.39 is 5.97 Å². The molecule has 1 aliphatic carbocycles. The van der Waals surface area contributed by atoms with E-state index in [0.29, 0.717) is 18.5 Å². The van der Waals surface area contributed by atoms with Crippen molar-refractivity contribution >= 4 is 5.97 Å². The fourth-order valence-corrected chi connectivity index (χ4v) is 3.05. The Bertz CT molecular complexity index is 245. The highest BCUT2D eigenvalue weighted by atomic mass is 16.4. The largest absolute Gasteiger partial charge is 0.481 e. The lowest BCUT2D eigenvalue weighted by molar-refractivity contribution is -0.137. The van der Waals surface area contributed by atoms with E-state index in [4.69, 9.17) is 10.8 Å². The number of nitrogens with two attached hydrogens (primary N) is 1. The normalized spacial score (nSPS) is 36.5. The maximum Gasteiger partial charge on any atom is 0.304 e. The molecule has 0 aromatic heterocycles. The zero-order chi connectivity index (χ0) is 10.8. The van der Waals surface area contributed by atoms with Gasteiger partial charge in [0.15, 0.2) is 0 Å². The van der Waals surface area contributed by atoms with E-state index in [9.17, 15) is 4.79 Å². The van der Waals surface area contributed by atoms with Gasteiger partial charge in [0, 0.05) is 25.7 Å². The van der Waals surface area contributed by atoms with Crippen LogP contribution in [0.2, 0.25) is 0 Å². The van der Waals surface area contributed by atoms with E-state index >= 15 is 0 Å². The first-order valence-corrected chi connectivity index (χ1v) is 5.86. The van der Waals surface area contributed by atoms with Crippen LogP contribution in [0.1, 0.15) is 25.7 Å². The molecule has 0 amide bonds. The highest BCUT2D eigenvalue weighted by Crippen LogP contribution is 2.35. The summed E-state index contributed by atoms with van der Waals surface area (Å²) in [4.78, 5) is 12.8. The summed E-state index contributed by atoms with van der Waals surface area (Å²) in [5.41, 5.74) is 6.10. The lowest BCUT2D eigenvalue weighted by Gasteiger charge is -2.29. The molecule has 0 bridgehead atoms. The summed E-state index contributed by atoms with van der Waals surface area (Å²) in [6, 6.07) is 0.346. The smallest absolute Gasteiger partial charge is 0.304 e. The molecule has 3 N–H and O–H groups in total. The molecule has 0 aromatic carbocycles. The van der Waals surface area contributed by atoms with Gasteiger partial charge >= 0.3 is 5.97 Å². The van der Waals surface area contributed by atoms with Gasteiger partial charge in [0.05, 0.1) is 6.42 Å². The highest BCUT2D eigenvalue weighted by molar-refractivity contribution is 5.66. The molecule has 3 unspecified atom stereocenters. The third-order valence-electron chi connectivity index (χ3n) is 3.87. The molecule has 1 heterocycles. The van der Waals surface area contributed by atoms with Crippen LogP contribution >= 0.6 is 0 Å². The van der Waals surface area contributed by atoms with Crippen molar-refractivity contribution in [3.8, 4) is 0 Å². The minimum Gasteiger partial charge on any atom is -0.481 e. The molecule has 4 nitrogen and oxygen atoms in total. The van der Waals surface area contributed by atoms with Gasteiger partial charge < -0.3 is 15.7 Å². The molecule has 86 valence electrons. The number of aliphatic carboxylic acids is 1. The molecule has 2 rings (SSSR count). The minimum absolute atomic E-state index is 0.259. The molecule has 1 saturated heterocycles. The summed E-state index contributed by atoms with van der Waals surface area (Å²) in [5, 5.41) is 8.63. The van der Waals surface area contributed by atoms with Gasteiger partial charge in [-0.2, -0.15) is 0 Å².